The van der Waals surface area contributed by atoms with Crippen LogP contribution in [0.25, 0.3) is 0 Å². The molecular weight excluding hydrogens is 250 g/mol. The molecule has 3 rings (SSSR count). The van der Waals surface area contributed by atoms with Crippen LogP contribution in [0, 0.1) is 17.3 Å². The van der Waals surface area contributed by atoms with Gasteiger partial charge in [-0.1, -0.05) is 26.0 Å². The first-order chi connectivity index (χ1) is 9.46. The number of anilines is 1. The molecule has 2 aliphatic carbocycles. The molecule has 0 amide bonds. The van der Waals surface area contributed by atoms with Crippen molar-refractivity contribution in [3.63, 3.8) is 0 Å². The fraction of sp³-hybridized carbons (Fsp3) is 0.471. The predicted molar refractivity (Wildman–Crippen MR) is 79.7 cm³/mol. The highest BCUT2D eigenvalue weighted by Gasteiger charge is 2.65. The largest absolute Gasteiger partial charge is 0.495 e. The van der Waals surface area contributed by atoms with Crippen molar-refractivity contribution in [3.05, 3.63) is 35.5 Å². The summed E-state index contributed by atoms with van der Waals surface area (Å²) in [5.74, 6) is 2.07. The summed E-state index contributed by atoms with van der Waals surface area (Å²) >= 11 is 0. The number of para-hydroxylation sites is 2. The third-order valence-electron chi connectivity index (χ3n) is 4.90. The van der Waals surface area contributed by atoms with E-state index in [0.29, 0.717) is 24.0 Å². The van der Waals surface area contributed by atoms with Crippen LogP contribution in [0.5, 0.6) is 5.75 Å². The van der Waals surface area contributed by atoms with Crippen LogP contribution in [-0.4, -0.2) is 12.9 Å². The maximum Gasteiger partial charge on any atom is 0.161 e. The van der Waals surface area contributed by atoms with Crippen LogP contribution in [0.4, 0.5) is 5.69 Å². The third kappa shape index (κ3) is 1.84. The zero-order valence-electron chi connectivity index (χ0n) is 12.5. The number of ether oxygens (including phenoxy) is 1. The number of carbonyl (C=O) groups is 1. The number of fused-ring (bicyclic) bond motifs is 1. The molecule has 0 aliphatic heterocycles. The Bertz CT molecular complexity index is 601. The van der Waals surface area contributed by atoms with Gasteiger partial charge in [0.2, 0.25) is 0 Å². The second-order valence-electron chi connectivity index (χ2n) is 6.40. The van der Waals surface area contributed by atoms with Crippen molar-refractivity contribution in [2.24, 2.45) is 17.3 Å². The summed E-state index contributed by atoms with van der Waals surface area (Å²) in [4.78, 5) is 12.2. The van der Waals surface area contributed by atoms with Crippen LogP contribution in [0.2, 0.25) is 0 Å². The van der Waals surface area contributed by atoms with E-state index in [1.165, 1.54) is 0 Å². The van der Waals surface area contributed by atoms with E-state index >= 15 is 0 Å². The predicted octanol–water partition coefficient (Wildman–Crippen LogP) is 3.63. The van der Waals surface area contributed by atoms with Crippen molar-refractivity contribution in [1.82, 2.24) is 0 Å². The van der Waals surface area contributed by atoms with E-state index in [9.17, 15) is 4.79 Å². The lowest BCUT2D eigenvalue weighted by Gasteiger charge is -2.16. The molecule has 0 saturated heterocycles. The summed E-state index contributed by atoms with van der Waals surface area (Å²) in [5.41, 5.74) is 3.16. The Kier molecular flexibility index (Phi) is 2.89. The van der Waals surface area contributed by atoms with Gasteiger partial charge in [0.05, 0.1) is 12.8 Å². The van der Waals surface area contributed by atoms with Gasteiger partial charge >= 0.3 is 0 Å². The van der Waals surface area contributed by atoms with Gasteiger partial charge in [-0.25, -0.2) is 0 Å². The lowest BCUT2D eigenvalue weighted by molar-refractivity contribution is -0.115. The van der Waals surface area contributed by atoms with Gasteiger partial charge in [-0.2, -0.15) is 0 Å². The number of nitrogens with one attached hydrogen (secondary N) is 1. The van der Waals surface area contributed by atoms with Gasteiger partial charge in [0.15, 0.2) is 5.78 Å². The van der Waals surface area contributed by atoms with Crippen LogP contribution >= 0.6 is 0 Å². The minimum absolute atomic E-state index is 0.285. The van der Waals surface area contributed by atoms with Gasteiger partial charge in [-0.3, -0.25) is 4.79 Å². The zero-order valence-corrected chi connectivity index (χ0v) is 12.5. The average molecular weight is 271 g/mol. The molecule has 3 nitrogen and oxygen atoms in total. The summed E-state index contributed by atoms with van der Waals surface area (Å²) in [7, 11) is 1.66. The molecule has 0 radical (unpaired) electrons. The van der Waals surface area contributed by atoms with E-state index in [0.717, 1.165) is 22.7 Å². The van der Waals surface area contributed by atoms with E-state index < -0.39 is 0 Å². The summed E-state index contributed by atoms with van der Waals surface area (Å²) in [5, 5.41) is 3.36. The number of rotatable bonds is 3. The Balaban J connectivity index is 1.91. The highest BCUT2D eigenvalue weighted by atomic mass is 16.5. The van der Waals surface area contributed by atoms with E-state index in [4.69, 9.17) is 4.74 Å². The molecule has 2 atom stereocenters. The standard InChI is InChI=1S/C17H21NO2/c1-10(18-12-7-5-6-8-14(12)20-4)15-13(19)9-11-16(15)17(11,2)3/h5-8,11,16,18H,9H2,1-4H3/t11-,16+/m1/s1. The summed E-state index contributed by atoms with van der Waals surface area (Å²) < 4.78 is 5.34. The minimum Gasteiger partial charge on any atom is -0.495 e. The van der Waals surface area contributed by atoms with Crippen LogP contribution in [0.1, 0.15) is 27.2 Å². The molecule has 3 heteroatoms. The van der Waals surface area contributed by atoms with Crippen molar-refractivity contribution >= 4 is 11.5 Å². The monoisotopic (exact) mass is 271 g/mol. The van der Waals surface area contributed by atoms with Gasteiger partial charge in [0.25, 0.3) is 0 Å². The Morgan fingerprint density at radius 1 is 1.35 bits per heavy atom. The Morgan fingerprint density at radius 2 is 2.05 bits per heavy atom. The summed E-state index contributed by atoms with van der Waals surface area (Å²) in [6, 6.07) is 7.79. The number of methoxy groups -OCH3 is 1. The number of hydrogen-bond acceptors (Lipinski definition) is 3. The number of benzene rings is 1. The topological polar surface area (TPSA) is 38.3 Å². The Labute approximate surface area is 120 Å². The van der Waals surface area contributed by atoms with E-state index in [1.807, 2.05) is 31.2 Å². The first-order valence-corrected chi connectivity index (χ1v) is 7.11. The molecule has 1 aromatic rings. The number of hydrogen-bond donors (Lipinski definition) is 1. The number of Topliss-reactive ketones (excluding diaryl/α,β-unsaturated/α-hetero) is 1. The SMILES string of the molecule is COc1ccccc1NC(C)=C1C(=O)C[C@@H]2[C@@H]1C2(C)C. The average Bonchev–Trinajstić information content (AvgIpc) is 2.78. The highest BCUT2D eigenvalue weighted by Crippen LogP contribution is 2.68. The maximum absolute atomic E-state index is 12.2. The Hall–Kier alpha value is -1.77. The molecular formula is C17H21NO2. The van der Waals surface area contributed by atoms with Gasteiger partial charge in [-0.05, 0) is 36.3 Å². The first kappa shape index (κ1) is 13.2. The van der Waals surface area contributed by atoms with E-state index in [1.54, 1.807) is 7.11 Å². The van der Waals surface area contributed by atoms with Gasteiger partial charge < -0.3 is 10.1 Å². The molecule has 2 saturated carbocycles. The highest BCUT2D eigenvalue weighted by molar-refractivity contribution is 6.01. The molecule has 0 aromatic heterocycles. The molecule has 0 spiro atoms. The van der Waals surface area contributed by atoms with Crippen molar-refractivity contribution in [1.29, 1.82) is 0 Å². The summed E-state index contributed by atoms with van der Waals surface area (Å²) in [6.07, 6.45) is 0.706. The van der Waals surface area contributed by atoms with Gasteiger partial charge in [0, 0.05) is 17.7 Å². The minimum atomic E-state index is 0.285. The second kappa shape index (κ2) is 4.37. The number of allylic oxidation sites excluding steroid dienone is 2. The van der Waals surface area contributed by atoms with Crippen LogP contribution in [-0.2, 0) is 4.79 Å². The number of carbonyl (C=O) groups excluding carboxylic acids is 1. The van der Waals surface area contributed by atoms with Crippen molar-refractivity contribution in [2.45, 2.75) is 27.2 Å². The molecule has 2 fully saturated rings. The lowest BCUT2D eigenvalue weighted by Crippen LogP contribution is -2.12. The van der Waals surface area contributed by atoms with Crippen LogP contribution < -0.4 is 10.1 Å². The molecule has 1 aromatic carbocycles. The second-order valence-corrected chi connectivity index (χ2v) is 6.40. The van der Waals surface area contributed by atoms with Crippen LogP contribution in [0.3, 0.4) is 0 Å². The summed E-state index contributed by atoms with van der Waals surface area (Å²) in [6.45, 7) is 6.51. The van der Waals surface area contributed by atoms with Crippen LogP contribution in [0.15, 0.2) is 35.5 Å². The molecule has 1 N–H and O–H groups in total. The molecule has 0 heterocycles. The third-order valence-corrected chi connectivity index (χ3v) is 4.90. The van der Waals surface area contributed by atoms with Gasteiger partial charge in [0.1, 0.15) is 5.75 Å². The lowest BCUT2D eigenvalue weighted by atomic mass is 9.95. The number of ketones is 1. The zero-order chi connectivity index (χ0) is 14.5. The maximum atomic E-state index is 12.2. The van der Waals surface area contributed by atoms with Crippen molar-refractivity contribution < 1.29 is 9.53 Å². The smallest absolute Gasteiger partial charge is 0.161 e. The molecule has 20 heavy (non-hydrogen) atoms. The molecule has 0 unspecified atom stereocenters. The van der Waals surface area contributed by atoms with Gasteiger partial charge in [-0.15, -0.1) is 0 Å². The van der Waals surface area contributed by atoms with E-state index in [2.05, 4.69) is 19.2 Å². The van der Waals surface area contributed by atoms with Crippen molar-refractivity contribution in [2.75, 3.05) is 12.4 Å². The Morgan fingerprint density at radius 3 is 2.70 bits per heavy atom. The first-order valence-electron chi connectivity index (χ1n) is 7.11. The quantitative estimate of drug-likeness (QED) is 0.853. The fourth-order valence-electron chi connectivity index (χ4n) is 3.64. The molecule has 106 valence electrons. The fourth-order valence-corrected chi connectivity index (χ4v) is 3.64. The molecule has 2 aliphatic rings. The normalized spacial score (nSPS) is 28.9. The van der Waals surface area contributed by atoms with Crippen molar-refractivity contribution in [3.8, 4) is 5.75 Å². The van der Waals surface area contributed by atoms with E-state index in [-0.39, 0.29) is 5.41 Å². The molecule has 0 bridgehead atoms.